The number of fused-ring (bicyclic) bond motifs is 1. The van der Waals surface area contributed by atoms with Crippen molar-refractivity contribution in [1.29, 1.82) is 0 Å². The van der Waals surface area contributed by atoms with Gasteiger partial charge in [-0.1, -0.05) is 17.7 Å². The molecule has 1 aliphatic rings. The fourth-order valence-electron chi connectivity index (χ4n) is 3.34. The molecular weight excluding hydrogens is 354 g/mol. The summed E-state index contributed by atoms with van der Waals surface area (Å²) in [5.41, 5.74) is 3.99. The van der Waals surface area contributed by atoms with Crippen LogP contribution in [0.4, 0.5) is 11.4 Å². The summed E-state index contributed by atoms with van der Waals surface area (Å²) in [6.07, 6.45) is 1.26. The number of ether oxygens (including phenoxy) is 2. The zero-order chi connectivity index (χ0) is 19.7. The smallest absolute Gasteiger partial charge is 0.262 e. The average Bonchev–Trinajstić information content (AvgIpc) is 3.00. The Morgan fingerprint density at radius 3 is 2.32 bits per heavy atom. The van der Waals surface area contributed by atoms with E-state index in [-0.39, 0.29) is 5.91 Å². The molecule has 0 saturated carbocycles. The highest BCUT2D eigenvalue weighted by Crippen LogP contribution is 2.38. The van der Waals surface area contributed by atoms with Gasteiger partial charge in [0, 0.05) is 35.8 Å². The molecule has 0 radical (unpaired) electrons. The molecule has 3 aromatic rings. The van der Waals surface area contributed by atoms with Crippen molar-refractivity contribution in [3.05, 3.63) is 77.6 Å². The number of aromatic nitrogens is 1. The van der Waals surface area contributed by atoms with Gasteiger partial charge < -0.3 is 14.8 Å². The number of carbonyl (C=O) groups excluding carboxylic acids is 1. The number of hydrogen-bond donors (Lipinski definition) is 1. The zero-order valence-electron chi connectivity index (χ0n) is 16.0. The first-order chi connectivity index (χ1) is 13.6. The number of pyridine rings is 1. The molecule has 0 aliphatic carbocycles. The summed E-state index contributed by atoms with van der Waals surface area (Å²) in [5, 5.41) is 3.42. The fraction of sp³-hybridized carbons (Fsp3) is 0.182. The van der Waals surface area contributed by atoms with Crippen LogP contribution < -0.4 is 19.7 Å². The summed E-state index contributed by atoms with van der Waals surface area (Å²) in [4.78, 5) is 19.3. The average molecular weight is 375 g/mol. The third-order valence-corrected chi connectivity index (χ3v) is 4.77. The Bertz CT molecular complexity index is 996. The van der Waals surface area contributed by atoms with Crippen LogP contribution in [0.25, 0.3) is 0 Å². The van der Waals surface area contributed by atoms with E-state index in [1.165, 1.54) is 0 Å². The minimum atomic E-state index is -0.441. The lowest BCUT2D eigenvalue weighted by Crippen LogP contribution is -2.32. The number of aryl methyl sites for hydroxylation is 1. The van der Waals surface area contributed by atoms with E-state index < -0.39 is 6.17 Å². The molecule has 1 aromatic heterocycles. The van der Waals surface area contributed by atoms with Gasteiger partial charge in [0.05, 0.1) is 25.5 Å². The van der Waals surface area contributed by atoms with Crippen LogP contribution in [-0.4, -0.2) is 25.1 Å². The Morgan fingerprint density at radius 1 is 1.00 bits per heavy atom. The van der Waals surface area contributed by atoms with Crippen molar-refractivity contribution in [3.8, 4) is 11.5 Å². The number of anilines is 2. The van der Waals surface area contributed by atoms with Crippen molar-refractivity contribution in [1.82, 2.24) is 4.98 Å². The molecule has 0 bridgehead atoms. The summed E-state index contributed by atoms with van der Waals surface area (Å²) in [7, 11) is 3.21. The van der Waals surface area contributed by atoms with Crippen molar-refractivity contribution in [2.75, 3.05) is 24.4 Å². The predicted molar refractivity (Wildman–Crippen MR) is 108 cm³/mol. The minimum absolute atomic E-state index is 0.0840. The van der Waals surface area contributed by atoms with Crippen molar-refractivity contribution < 1.29 is 14.3 Å². The Hall–Kier alpha value is -3.54. The summed E-state index contributed by atoms with van der Waals surface area (Å²) >= 11 is 0. The molecule has 1 N–H and O–H groups in total. The highest BCUT2D eigenvalue weighted by Gasteiger charge is 2.39. The molecule has 4 rings (SSSR count). The summed E-state index contributed by atoms with van der Waals surface area (Å²) < 4.78 is 10.7. The van der Waals surface area contributed by atoms with Crippen LogP contribution in [0.1, 0.15) is 27.8 Å². The number of nitrogens with zero attached hydrogens (tertiary/aromatic N) is 2. The number of methoxy groups -OCH3 is 2. The molecule has 1 aliphatic heterocycles. The molecule has 142 valence electrons. The molecule has 6 nitrogen and oxygen atoms in total. The molecule has 1 amide bonds. The standard InChI is InChI=1S/C22H21N3O3/c1-14-6-8-16(9-7-14)25-21(20-19(22(25)26)5-4-10-23-20)24-15-11-17(27-2)13-18(12-15)28-3/h4-13,21,24H,1-3H3/t21-/m1/s1. The Labute approximate surface area is 163 Å². The van der Waals surface area contributed by atoms with Crippen molar-refractivity contribution in [2.24, 2.45) is 0 Å². The van der Waals surface area contributed by atoms with Crippen molar-refractivity contribution >= 4 is 17.3 Å². The van der Waals surface area contributed by atoms with Crippen LogP contribution in [0.2, 0.25) is 0 Å². The molecule has 0 unspecified atom stereocenters. The first kappa shape index (κ1) is 17.9. The van der Waals surface area contributed by atoms with E-state index in [0.29, 0.717) is 22.8 Å². The number of carbonyl (C=O) groups is 1. The molecule has 28 heavy (non-hydrogen) atoms. The molecular formula is C22H21N3O3. The van der Waals surface area contributed by atoms with E-state index in [0.717, 1.165) is 16.9 Å². The van der Waals surface area contributed by atoms with Crippen LogP contribution in [0.5, 0.6) is 11.5 Å². The number of amides is 1. The lowest BCUT2D eigenvalue weighted by Gasteiger charge is -2.27. The Balaban J connectivity index is 1.77. The second-order valence-electron chi connectivity index (χ2n) is 6.60. The van der Waals surface area contributed by atoms with Gasteiger partial charge in [-0.3, -0.25) is 14.7 Å². The van der Waals surface area contributed by atoms with Crippen molar-refractivity contribution in [3.63, 3.8) is 0 Å². The van der Waals surface area contributed by atoms with Crippen molar-refractivity contribution in [2.45, 2.75) is 13.1 Å². The predicted octanol–water partition coefficient (Wildman–Crippen LogP) is 4.18. The van der Waals surface area contributed by atoms with Gasteiger partial charge >= 0.3 is 0 Å². The quantitative estimate of drug-likeness (QED) is 0.725. The lowest BCUT2D eigenvalue weighted by atomic mass is 10.2. The monoisotopic (exact) mass is 375 g/mol. The molecule has 0 saturated heterocycles. The summed E-state index contributed by atoms with van der Waals surface area (Å²) in [5.74, 6) is 1.24. The SMILES string of the molecule is COc1cc(N[C@H]2c3ncccc3C(=O)N2c2ccc(C)cc2)cc(OC)c1. The van der Waals surface area contributed by atoms with Gasteiger partial charge in [0.25, 0.3) is 5.91 Å². The third-order valence-electron chi connectivity index (χ3n) is 4.77. The van der Waals surface area contributed by atoms with E-state index in [4.69, 9.17) is 9.47 Å². The van der Waals surface area contributed by atoms with E-state index in [9.17, 15) is 4.79 Å². The molecule has 2 heterocycles. The van der Waals surface area contributed by atoms with Gasteiger partial charge in [-0.05, 0) is 31.2 Å². The first-order valence-corrected chi connectivity index (χ1v) is 8.95. The molecule has 0 spiro atoms. The zero-order valence-corrected chi connectivity index (χ0v) is 16.0. The summed E-state index contributed by atoms with van der Waals surface area (Å²) in [6, 6.07) is 17.0. The second kappa shape index (κ2) is 7.23. The maximum atomic E-state index is 13.1. The van der Waals surface area contributed by atoms with Gasteiger partial charge in [0.1, 0.15) is 11.5 Å². The van der Waals surface area contributed by atoms with Gasteiger partial charge in [-0.15, -0.1) is 0 Å². The van der Waals surface area contributed by atoms with Gasteiger partial charge in [-0.2, -0.15) is 0 Å². The maximum absolute atomic E-state index is 13.1. The van der Waals surface area contributed by atoms with Gasteiger partial charge in [-0.25, -0.2) is 0 Å². The first-order valence-electron chi connectivity index (χ1n) is 8.95. The highest BCUT2D eigenvalue weighted by molar-refractivity contribution is 6.11. The lowest BCUT2D eigenvalue weighted by molar-refractivity contribution is 0.0993. The van der Waals surface area contributed by atoms with E-state index >= 15 is 0 Å². The number of hydrogen-bond acceptors (Lipinski definition) is 5. The molecule has 2 aromatic carbocycles. The fourth-order valence-corrected chi connectivity index (χ4v) is 3.34. The molecule has 0 fully saturated rings. The Kier molecular flexibility index (Phi) is 4.61. The van der Waals surface area contributed by atoms with Crippen LogP contribution in [-0.2, 0) is 0 Å². The van der Waals surface area contributed by atoms with Gasteiger partial charge in [0.2, 0.25) is 0 Å². The molecule has 1 atom stereocenters. The third kappa shape index (κ3) is 3.13. The number of nitrogens with one attached hydrogen (secondary N) is 1. The topological polar surface area (TPSA) is 63.7 Å². The van der Waals surface area contributed by atoms with E-state index in [1.54, 1.807) is 43.5 Å². The van der Waals surface area contributed by atoms with Crippen LogP contribution in [0, 0.1) is 6.92 Å². The second-order valence-corrected chi connectivity index (χ2v) is 6.60. The normalized spacial score (nSPS) is 15.3. The van der Waals surface area contributed by atoms with Gasteiger partial charge in [0.15, 0.2) is 6.17 Å². The minimum Gasteiger partial charge on any atom is -0.497 e. The highest BCUT2D eigenvalue weighted by atomic mass is 16.5. The van der Waals surface area contributed by atoms with Crippen LogP contribution >= 0.6 is 0 Å². The van der Waals surface area contributed by atoms with E-state index in [2.05, 4.69) is 10.3 Å². The number of benzene rings is 2. The van der Waals surface area contributed by atoms with Crippen LogP contribution in [0.15, 0.2) is 60.8 Å². The number of rotatable bonds is 5. The maximum Gasteiger partial charge on any atom is 0.262 e. The van der Waals surface area contributed by atoms with Crippen LogP contribution in [0.3, 0.4) is 0 Å². The molecule has 6 heteroatoms. The van der Waals surface area contributed by atoms with E-state index in [1.807, 2.05) is 43.3 Å². The summed E-state index contributed by atoms with van der Waals surface area (Å²) in [6.45, 7) is 2.02. The Morgan fingerprint density at radius 2 is 1.68 bits per heavy atom. The largest absolute Gasteiger partial charge is 0.497 e.